The van der Waals surface area contributed by atoms with Crippen molar-refractivity contribution in [2.45, 2.75) is 6.04 Å². The molecule has 1 atom stereocenters. The monoisotopic (exact) mass is 357 g/mol. The molecule has 0 bridgehead atoms. The molecule has 7 heteroatoms. The number of nitrogens with zero attached hydrogens (tertiary/aromatic N) is 2. The molecule has 1 aromatic heterocycles. The van der Waals surface area contributed by atoms with E-state index in [0.717, 1.165) is 4.90 Å². The predicted octanol–water partition coefficient (Wildman–Crippen LogP) is 2.01. The number of carbonyl (C=O) groups excluding carboxylic acids is 3. The molecular weight excluding hydrogens is 338 g/mol. The molecule has 25 heavy (non-hydrogen) atoms. The minimum atomic E-state index is -0.376. The third-order valence-corrected chi connectivity index (χ3v) is 5.28. The average molecular weight is 357 g/mol. The van der Waals surface area contributed by atoms with Gasteiger partial charge in [-0.05, 0) is 43.7 Å². The molecule has 2 aromatic rings. The van der Waals surface area contributed by atoms with Crippen LogP contribution in [0, 0.1) is 0 Å². The van der Waals surface area contributed by atoms with Crippen molar-refractivity contribution in [1.82, 2.24) is 15.1 Å². The Hall–Kier alpha value is -2.51. The van der Waals surface area contributed by atoms with E-state index in [-0.39, 0.29) is 29.3 Å². The molecule has 1 aliphatic heterocycles. The predicted molar refractivity (Wildman–Crippen MR) is 95.9 cm³/mol. The molecular formula is C18H19N3O3S. The quantitative estimate of drug-likeness (QED) is 0.831. The number of imide groups is 1. The first kappa shape index (κ1) is 17.3. The van der Waals surface area contributed by atoms with Gasteiger partial charge in [-0.25, -0.2) is 0 Å². The maximum absolute atomic E-state index is 12.5. The standard InChI is InChI=1S/C18H19N3O3S/c1-20(2)14(15-5-4-8-25-15)10-19-16(22)11-6-7-12-13(9-11)18(24)21(3)17(12)23/h4-9,14H,10H2,1-3H3,(H,19,22)/t14-/m1/s1. The molecule has 1 aliphatic rings. The lowest BCUT2D eigenvalue weighted by Gasteiger charge is -2.23. The van der Waals surface area contributed by atoms with Gasteiger partial charge in [0.15, 0.2) is 0 Å². The van der Waals surface area contributed by atoms with Crippen LogP contribution in [0.4, 0.5) is 0 Å². The zero-order valence-electron chi connectivity index (χ0n) is 14.3. The van der Waals surface area contributed by atoms with Crippen molar-refractivity contribution in [3.63, 3.8) is 0 Å². The van der Waals surface area contributed by atoms with E-state index < -0.39 is 0 Å². The fraction of sp³-hybridized carbons (Fsp3) is 0.278. The van der Waals surface area contributed by atoms with Gasteiger partial charge in [-0.3, -0.25) is 19.3 Å². The van der Waals surface area contributed by atoms with Crippen molar-refractivity contribution >= 4 is 29.1 Å². The van der Waals surface area contributed by atoms with Crippen LogP contribution in [-0.2, 0) is 0 Å². The van der Waals surface area contributed by atoms with Crippen molar-refractivity contribution < 1.29 is 14.4 Å². The lowest BCUT2D eigenvalue weighted by Crippen LogP contribution is -2.34. The second-order valence-electron chi connectivity index (χ2n) is 6.13. The molecule has 1 N–H and O–H groups in total. The van der Waals surface area contributed by atoms with Crippen LogP contribution in [0.1, 0.15) is 42.0 Å². The Morgan fingerprint density at radius 3 is 2.56 bits per heavy atom. The highest BCUT2D eigenvalue weighted by Gasteiger charge is 2.33. The van der Waals surface area contributed by atoms with E-state index in [0.29, 0.717) is 17.7 Å². The van der Waals surface area contributed by atoms with E-state index in [2.05, 4.69) is 5.32 Å². The number of fused-ring (bicyclic) bond motifs is 1. The van der Waals surface area contributed by atoms with Crippen LogP contribution >= 0.6 is 11.3 Å². The van der Waals surface area contributed by atoms with Gasteiger partial charge in [0.05, 0.1) is 17.2 Å². The van der Waals surface area contributed by atoms with Crippen molar-refractivity contribution in [1.29, 1.82) is 0 Å². The summed E-state index contributed by atoms with van der Waals surface area (Å²) in [6.07, 6.45) is 0. The van der Waals surface area contributed by atoms with E-state index in [4.69, 9.17) is 0 Å². The van der Waals surface area contributed by atoms with E-state index in [9.17, 15) is 14.4 Å². The number of rotatable bonds is 5. The fourth-order valence-corrected chi connectivity index (χ4v) is 3.74. The van der Waals surface area contributed by atoms with Gasteiger partial charge in [-0.1, -0.05) is 6.07 Å². The Morgan fingerprint density at radius 2 is 1.92 bits per heavy atom. The summed E-state index contributed by atoms with van der Waals surface area (Å²) in [5.74, 6) is -0.974. The maximum Gasteiger partial charge on any atom is 0.261 e. The first-order chi connectivity index (χ1) is 11.9. The summed E-state index contributed by atoms with van der Waals surface area (Å²) in [5.41, 5.74) is 0.996. The minimum Gasteiger partial charge on any atom is -0.350 e. The second kappa shape index (κ2) is 6.78. The molecule has 0 fully saturated rings. The molecule has 0 unspecified atom stereocenters. The van der Waals surface area contributed by atoms with Gasteiger partial charge in [0.25, 0.3) is 17.7 Å². The number of amides is 3. The van der Waals surface area contributed by atoms with Gasteiger partial charge in [0.2, 0.25) is 0 Å². The molecule has 2 heterocycles. The minimum absolute atomic E-state index is 0.0766. The molecule has 0 saturated heterocycles. The van der Waals surface area contributed by atoms with Gasteiger partial charge >= 0.3 is 0 Å². The van der Waals surface area contributed by atoms with Crippen molar-refractivity contribution in [3.05, 3.63) is 57.3 Å². The number of likely N-dealkylation sites (N-methyl/N-ethyl adjacent to an activating group) is 1. The SMILES string of the molecule is CN1C(=O)c2ccc(C(=O)NC[C@H](c3cccs3)N(C)C)cc2C1=O. The smallest absolute Gasteiger partial charge is 0.261 e. The highest BCUT2D eigenvalue weighted by molar-refractivity contribution is 7.10. The summed E-state index contributed by atoms with van der Waals surface area (Å²) in [6.45, 7) is 0.455. The lowest BCUT2D eigenvalue weighted by atomic mass is 10.1. The summed E-state index contributed by atoms with van der Waals surface area (Å²) in [6, 6.07) is 8.71. The molecule has 0 spiro atoms. The van der Waals surface area contributed by atoms with Gasteiger partial charge in [0.1, 0.15) is 0 Å². The average Bonchev–Trinajstić information content (AvgIpc) is 3.19. The van der Waals surface area contributed by atoms with Crippen LogP contribution in [0.15, 0.2) is 35.7 Å². The van der Waals surface area contributed by atoms with Gasteiger partial charge in [-0.15, -0.1) is 11.3 Å². The zero-order chi connectivity index (χ0) is 18.1. The van der Waals surface area contributed by atoms with E-state index >= 15 is 0 Å². The molecule has 3 amide bonds. The van der Waals surface area contributed by atoms with Crippen LogP contribution in [0.3, 0.4) is 0 Å². The summed E-state index contributed by atoms with van der Waals surface area (Å²) < 4.78 is 0. The number of hydrogen-bond donors (Lipinski definition) is 1. The molecule has 6 nitrogen and oxygen atoms in total. The number of carbonyl (C=O) groups is 3. The topological polar surface area (TPSA) is 69.7 Å². The molecule has 1 aromatic carbocycles. The van der Waals surface area contributed by atoms with Crippen molar-refractivity contribution in [2.24, 2.45) is 0 Å². The van der Waals surface area contributed by atoms with Crippen molar-refractivity contribution in [3.8, 4) is 0 Å². The molecule has 3 rings (SSSR count). The third-order valence-electron chi connectivity index (χ3n) is 4.30. The summed E-state index contributed by atoms with van der Waals surface area (Å²) >= 11 is 1.64. The number of nitrogens with one attached hydrogen (secondary N) is 1. The first-order valence-corrected chi connectivity index (χ1v) is 8.72. The summed E-state index contributed by atoms with van der Waals surface area (Å²) in [4.78, 5) is 40.7. The van der Waals surface area contributed by atoms with E-state index in [1.807, 2.05) is 36.5 Å². The van der Waals surface area contributed by atoms with Crippen LogP contribution in [-0.4, -0.2) is 55.2 Å². The Bertz CT molecular complexity index is 830. The zero-order valence-corrected chi connectivity index (χ0v) is 15.1. The summed E-state index contributed by atoms with van der Waals surface area (Å²) in [5, 5.41) is 4.92. The number of hydrogen-bond acceptors (Lipinski definition) is 5. The number of thiophene rings is 1. The van der Waals surface area contributed by atoms with Crippen molar-refractivity contribution in [2.75, 3.05) is 27.7 Å². The third kappa shape index (κ3) is 3.20. The molecule has 0 aliphatic carbocycles. The van der Waals surface area contributed by atoms with E-state index in [1.165, 1.54) is 24.1 Å². The highest BCUT2D eigenvalue weighted by atomic mass is 32.1. The number of benzene rings is 1. The lowest BCUT2D eigenvalue weighted by molar-refractivity contribution is 0.0693. The molecule has 0 radical (unpaired) electrons. The second-order valence-corrected chi connectivity index (χ2v) is 7.11. The van der Waals surface area contributed by atoms with Gasteiger partial charge in [-0.2, -0.15) is 0 Å². The Labute approximate surface area is 150 Å². The Balaban J connectivity index is 1.74. The molecule has 0 saturated carbocycles. The fourth-order valence-electron chi connectivity index (χ4n) is 2.81. The Morgan fingerprint density at radius 1 is 1.20 bits per heavy atom. The molecule has 130 valence electrons. The maximum atomic E-state index is 12.5. The van der Waals surface area contributed by atoms with Crippen LogP contribution in [0.5, 0.6) is 0 Å². The normalized spacial score (nSPS) is 14.8. The Kier molecular flexibility index (Phi) is 4.69. The van der Waals surface area contributed by atoms with Crippen LogP contribution in [0.25, 0.3) is 0 Å². The first-order valence-electron chi connectivity index (χ1n) is 7.84. The van der Waals surface area contributed by atoms with Gasteiger partial charge < -0.3 is 10.2 Å². The van der Waals surface area contributed by atoms with Crippen LogP contribution in [0.2, 0.25) is 0 Å². The summed E-state index contributed by atoms with van der Waals surface area (Å²) in [7, 11) is 5.37. The highest BCUT2D eigenvalue weighted by Crippen LogP contribution is 2.24. The van der Waals surface area contributed by atoms with Crippen LogP contribution < -0.4 is 5.32 Å². The largest absolute Gasteiger partial charge is 0.350 e. The van der Waals surface area contributed by atoms with E-state index in [1.54, 1.807) is 17.4 Å². The van der Waals surface area contributed by atoms with Gasteiger partial charge in [0, 0.05) is 24.0 Å².